The Labute approximate surface area is 142 Å². The summed E-state index contributed by atoms with van der Waals surface area (Å²) in [4.78, 5) is 12.3. The molecular weight excluding hydrogens is 326 g/mol. The molecule has 0 aliphatic heterocycles. The number of primary sulfonamides is 1. The molecule has 7 heteroatoms. The average Bonchev–Trinajstić information content (AvgIpc) is 2.80. The van der Waals surface area contributed by atoms with Crippen molar-refractivity contribution in [2.24, 2.45) is 5.14 Å². The number of hydrogen-bond donors (Lipinski definition) is 2. The lowest BCUT2D eigenvalue weighted by molar-refractivity contribution is 0.0953. The van der Waals surface area contributed by atoms with Crippen LogP contribution in [0.15, 0.2) is 35.2 Å². The number of amides is 1. The van der Waals surface area contributed by atoms with Gasteiger partial charge in [-0.2, -0.15) is 0 Å². The zero-order valence-corrected chi connectivity index (χ0v) is 15.0. The Bertz CT molecular complexity index is 837. The first-order chi connectivity index (χ1) is 11.2. The Morgan fingerprint density at radius 2 is 1.83 bits per heavy atom. The van der Waals surface area contributed by atoms with E-state index in [0.717, 1.165) is 23.4 Å². The number of aromatic nitrogens is 1. The number of nitrogens with zero attached hydrogens (tertiary/aromatic N) is 1. The summed E-state index contributed by atoms with van der Waals surface area (Å²) in [6, 6.07) is 8.32. The number of hydrogen-bond acceptors (Lipinski definition) is 3. The molecule has 0 unspecified atom stereocenters. The fourth-order valence-electron chi connectivity index (χ4n) is 2.58. The summed E-state index contributed by atoms with van der Waals surface area (Å²) < 4.78 is 24.6. The first-order valence-electron chi connectivity index (χ1n) is 7.80. The molecule has 0 aliphatic carbocycles. The monoisotopic (exact) mass is 349 g/mol. The van der Waals surface area contributed by atoms with Gasteiger partial charge in [0.25, 0.3) is 5.91 Å². The maximum Gasteiger partial charge on any atom is 0.253 e. The van der Waals surface area contributed by atoms with E-state index in [4.69, 9.17) is 5.14 Å². The Morgan fingerprint density at radius 3 is 2.38 bits per heavy atom. The molecule has 2 rings (SSSR count). The van der Waals surface area contributed by atoms with E-state index in [1.807, 2.05) is 31.4 Å². The molecule has 1 aromatic carbocycles. The van der Waals surface area contributed by atoms with Gasteiger partial charge in [-0.25, -0.2) is 13.6 Å². The van der Waals surface area contributed by atoms with Gasteiger partial charge in [-0.05, 0) is 44.0 Å². The summed E-state index contributed by atoms with van der Waals surface area (Å²) in [7, 11) is -3.68. The molecule has 2 aromatic rings. The van der Waals surface area contributed by atoms with E-state index < -0.39 is 10.0 Å². The number of sulfonamides is 1. The van der Waals surface area contributed by atoms with Crippen LogP contribution < -0.4 is 10.5 Å². The highest BCUT2D eigenvalue weighted by atomic mass is 32.2. The van der Waals surface area contributed by atoms with Gasteiger partial charge in [0.1, 0.15) is 0 Å². The van der Waals surface area contributed by atoms with E-state index in [-0.39, 0.29) is 10.8 Å². The van der Waals surface area contributed by atoms with Crippen molar-refractivity contribution in [3.63, 3.8) is 0 Å². The third-order valence-corrected chi connectivity index (χ3v) is 4.88. The van der Waals surface area contributed by atoms with E-state index in [1.54, 1.807) is 12.1 Å². The van der Waals surface area contributed by atoms with Crippen LogP contribution in [0.5, 0.6) is 0 Å². The van der Waals surface area contributed by atoms with Gasteiger partial charge in [0, 0.05) is 24.5 Å². The summed E-state index contributed by atoms with van der Waals surface area (Å²) in [5.74, 6) is -0.0687. The number of rotatable bonds is 6. The molecule has 0 fully saturated rings. The van der Waals surface area contributed by atoms with Crippen molar-refractivity contribution < 1.29 is 13.2 Å². The fraction of sp³-hybridized carbons (Fsp3) is 0.353. The fourth-order valence-corrected chi connectivity index (χ4v) is 3.09. The smallest absolute Gasteiger partial charge is 0.253 e. The number of carbonyl (C=O) groups is 1. The molecule has 0 spiro atoms. The van der Waals surface area contributed by atoms with Crippen LogP contribution in [-0.4, -0.2) is 25.4 Å². The lowest BCUT2D eigenvalue weighted by atomic mass is 10.2. The normalized spacial score (nSPS) is 11.5. The quantitative estimate of drug-likeness (QED) is 0.834. The SMILES string of the molecule is CCCNC(=O)c1cc(C)n(Cc2ccc(S(N)(=O)=O)cc2)c1C. The van der Waals surface area contributed by atoms with Crippen molar-refractivity contribution in [2.75, 3.05) is 6.54 Å². The Kier molecular flexibility index (Phi) is 5.46. The Morgan fingerprint density at radius 1 is 1.21 bits per heavy atom. The number of nitrogens with one attached hydrogen (secondary N) is 1. The predicted octanol–water partition coefficient (Wildman–Crippen LogP) is 1.94. The third kappa shape index (κ3) is 4.04. The van der Waals surface area contributed by atoms with Crippen LogP contribution in [0.25, 0.3) is 0 Å². The molecule has 0 aliphatic rings. The molecule has 1 aromatic heterocycles. The second kappa shape index (κ2) is 7.19. The van der Waals surface area contributed by atoms with Gasteiger partial charge in [0.15, 0.2) is 0 Å². The van der Waals surface area contributed by atoms with E-state index >= 15 is 0 Å². The number of aryl methyl sites for hydroxylation is 1. The highest BCUT2D eigenvalue weighted by Gasteiger charge is 2.15. The minimum Gasteiger partial charge on any atom is -0.352 e. The molecular formula is C17H23N3O3S. The van der Waals surface area contributed by atoms with E-state index in [9.17, 15) is 13.2 Å². The van der Waals surface area contributed by atoms with Crippen LogP contribution in [0.1, 0.15) is 40.7 Å². The highest BCUT2D eigenvalue weighted by molar-refractivity contribution is 7.89. The van der Waals surface area contributed by atoms with Crippen molar-refractivity contribution >= 4 is 15.9 Å². The van der Waals surface area contributed by atoms with Crippen molar-refractivity contribution in [1.82, 2.24) is 9.88 Å². The van der Waals surface area contributed by atoms with Crippen LogP contribution in [0.4, 0.5) is 0 Å². The minimum absolute atomic E-state index is 0.0687. The van der Waals surface area contributed by atoms with Crippen LogP contribution in [0, 0.1) is 13.8 Å². The number of carbonyl (C=O) groups excluding carboxylic acids is 1. The molecule has 0 radical (unpaired) electrons. The summed E-state index contributed by atoms with van der Waals surface area (Å²) in [6.45, 7) is 7.07. The third-order valence-electron chi connectivity index (χ3n) is 3.95. The lowest BCUT2D eigenvalue weighted by Crippen LogP contribution is -2.24. The topological polar surface area (TPSA) is 94.2 Å². The van der Waals surface area contributed by atoms with Crippen LogP contribution >= 0.6 is 0 Å². The van der Waals surface area contributed by atoms with Gasteiger partial charge in [-0.15, -0.1) is 0 Å². The molecule has 0 saturated carbocycles. The largest absolute Gasteiger partial charge is 0.352 e. The van der Waals surface area contributed by atoms with Gasteiger partial charge in [0.05, 0.1) is 10.5 Å². The molecule has 24 heavy (non-hydrogen) atoms. The predicted molar refractivity (Wildman–Crippen MR) is 93.4 cm³/mol. The second-order valence-electron chi connectivity index (χ2n) is 5.82. The summed E-state index contributed by atoms with van der Waals surface area (Å²) in [6.07, 6.45) is 0.890. The average molecular weight is 349 g/mol. The molecule has 3 N–H and O–H groups in total. The minimum atomic E-state index is -3.68. The maximum atomic E-state index is 12.2. The molecule has 6 nitrogen and oxygen atoms in total. The first kappa shape index (κ1) is 18.2. The van der Waals surface area contributed by atoms with Crippen LogP contribution in [0.3, 0.4) is 0 Å². The standard InChI is InChI=1S/C17H23N3O3S/c1-4-9-19-17(21)16-10-12(2)20(13(16)3)11-14-5-7-15(8-6-14)24(18,22)23/h5-8,10H,4,9,11H2,1-3H3,(H,19,21)(H2,18,22,23). The number of benzene rings is 1. The van der Waals surface area contributed by atoms with Crippen LogP contribution in [0.2, 0.25) is 0 Å². The Hall–Kier alpha value is -2.12. The number of nitrogens with two attached hydrogens (primary N) is 1. The van der Waals surface area contributed by atoms with Gasteiger partial charge < -0.3 is 9.88 Å². The van der Waals surface area contributed by atoms with Gasteiger partial charge in [-0.1, -0.05) is 19.1 Å². The summed E-state index contributed by atoms with van der Waals surface area (Å²) >= 11 is 0. The summed E-state index contributed by atoms with van der Waals surface area (Å²) in [5, 5.41) is 7.99. The molecule has 1 amide bonds. The molecule has 130 valence electrons. The van der Waals surface area contributed by atoms with Gasteiger partial charge >= 0.3 is 0 Å². The van der Waals surface area contributed by atoms with E-state index in [2.05, 4.69) is 5.32 Å². The van der Waals surface area contributed by atoms with Crippen molar-refractivity contribution in [3.8, 4) is 0 Å². The zero-order valence-electron chi connectivity index (χ0n) is 14.2. The molecule has 0 atom stereocenters. The first-order valence-corrected chi connectivity index (χ1v) is 9.35. The summed E-state index contributed by atoms with van der Waals surface area (Å²) in [5.41, 5.74) is 3.47. The molecule has 0 saturated heterocycles. The maximum absolute atomic E-state index is 12.2. The van der Waals surface area contributed by atoms with Crippen molar-refractivity contribution in [2.45, 2.75) is 38.6 Å². The Balaban J connectivity index is 2.24. The molecule has 1 heterocycles. The van der Waals surface area contributed by atoms with Gasteiger partial charge in [-0.3, -0.25) is 4.79 Å². The van der Waals surface area contributed by atoms with Crippen LogP contribution in [-0.2, 0) is 16.6 Å². The lowest BCUT2D eigenvalue weighted by Gasteiger charge is -2.11. The van der Waals surface area contributed by atoms with E-state index in [0.29, 0.717) is 18.7 Å². The second-order valence-corrected chi connectivity index (χ2v) is 7.38. The molecule has 0 bridgehead atoms. The zero-order chi connectivity index (χ0) is 17.9. The highest BCUT2D eigenvalue weighted by Crippen LogP contribution is 2.18. The van der Waals surface area contributed by atoms with Crippen molar-refractivity contribution in [3.05, 3.63) is 52.8 Å². The van der Waals surface area contributed by atoms with Gasteiger partial charge in [0.2, 0.25) is 10.0 Å². The van der Waals surface area contributed by atoms with Crippen molar-refractivity contribution in [1.29, 1.82) is 0 Å². The van der Waals surface area contributed by atoms with E-state index in [1.165, 1.54) is 12.1 Å².